The van der Waals surface area contributed by atoms with E-state index in [2.05, 4.69) is 36.0 Å². The Kier molecular flexibility index (Phi) is 6.33. The molecule has 0 spiro atoms. The van der Waals surface area contributed by atoms with Crippen LogP contribution in [0.15, 0.2) is 47.4 Å². The van der Waals surface area contributed by atoms with Gasteiger partial charge in [-0.15, -0.1) is 0 Å². The lowest BCUT2D eigenvalue weighted by atomic mass is 10.0. The third-order valence-electron chi connectivity index (χ3n) is 4.12. The van der Waals surface area contributed by atoms with Crippen LogP contribution < -0.4 is 10.0 Å². The minimum Gasteiger partial charge on any atom is -0.379 e. The molecule has 140 valence electrons. The van der Waals surface area contributed by atoms with E-state index in [4.69, 9.17) is 0 Å². The Morgan fingerprint density at radius 3 is 2.31 bits per heavy atom. The van der Waals surface area contributed by atoms with Crippen LogP contribution in [0, 0.1) is 10.1 Å². The summed E-state index contributed by atoms with van der Waals surface area (Å²) in [5.74, 6) is 0.470. The topological polar surface area (TPSA) is 101 Å². The van der Waals surface area contributed by atoms with Crippen LogP contribution in [0.5, 0.6) is 0 Å². The van der Waals surface area contributed by atoms with Crippen molar-refractivity contribution in [1.82, 2.24) is 4.72 Å². The number of hydrogen-bond acceptors (Lipinski definition) is 5. The van der Waals surface area contributed by atoms with E-state index in [0.29, 0.717) is 24.6 Å². The maximum Gasteiger partial charge on any atom is 0.293 e. The van der Waals surface area contributed by atoms with E-state index >= 15 is 0 Å². The van der Waals surface area contributed by atoms with Crippen molar-refractivity contribution >= 4 is 21.4 Å². The molecule has 0 unspecified atom stereocenters. The van der Waals surface area contributed by atoms with Crippen molar-refractivity contribution in [2.75, 3.05) is 18.9 Å². The zero-order valence-electron chi connectivity index (χ0n) is 15.0. The molecule has 0 amide bonds. The van der Waals surface area contributed by atoms with Crippen molar-refractivity contribution < 1.29 is 13.3 Å². The summed E-state index contributed by atoms with van der Waals surface area (Å²) >= 11 is 0. The van der Waals surface area contributed by atoms with Crippen molar-refractivity contribution in [3.63, 3.8) is 0 Å². The summed E-state index contributed by atoms with van der Waals surface area (Å²) in [6, 6.07) is 12.1. The molecule has 2 N–H and O–H groups in total. The quantitative estimate of drug-likeness (QED) is 0.543. The summed E-state index contributed by atoms with van der Waals surface area (Å²) in [6.45, 7) is 4.77. The summed E-state index contributed by atoms with van der Waals surface area (Å²) in [7, 11) is -2.47. The van der Waals surface area contributed by atoms with Crippen LogP contribution in [0.4, 0.5) is 11.4 Å². The predicted octanol–water partition coefficient (Wildman–Crippen LogP) is 3.28. The van der Waals surface area contributed by atoms with Gasteiger partial charge in [0, 0.05) is 12.6 Å². The van der Waals surface area contributed by atoms with Crippen molar-refractivity contribution in [2.24, 2.45) is 0 Å². The largest absolute Gasteiger partial charge is 0.379 e. The number of nitrogens with one attached hydrogen (secondary N) is 2. The van der Waals surface area contributed by atoms with Crippen LogP contribution in [0.3, 0.4) is 0 Å². The van der Waals surface area contributed by atoms with Gasteiger partial charge in [0.25, 0.3) is 5.69 Å². The number of sulfonamides is 1. The van der Waals surface area contributed by atoms with Crippen molar-refractivity contribution in [2.45, 2.75) is 31.1 Å². The number of benzene rings is 2. The minimum absolute atomic E-state index is 0.137. The zero-order valence-corrected chi connectivity index (χ0v) is 15.8. The fourth-order valence-electron chi connectivity index (χ4n) is 2.51. The van der Waals surface area contributed by atoms with Crippen LogP contribution in [0.25, 0.3) is 0 Å². The molecule has 2 aromatic carbocycles. The lowest BCUT2D eigenvalue weighted by molar-refractivity contribution is -0.384. The summed E-state index contributed by atoms with van der Waals surface area (Å²) in [4.78, 5) is 10.5. The van der Waals surface area contributed by atoms with Gasteiger partial charge in [0.1, 0.15) is 5.69 Å². The lowest BCUT2D eigenvalue weighted by Crippen LogP contribution is -2.19. The Bertz CT molecular complexity index is 878. The van der Waals surface area contributed by atoms with E-state index in [0.717, 1.165) is 11.6 Å². The van der Waals surface area contributed by atoms with Crippen molar-refractivity contribution in [1.29, 1.82) is 0 Å². The predicted molar refractivity (Wildman–Crippen MR) is 102 cm³/mol. The highest BCUT2D eigenvalue weighted by Crippen LogP contribution is 2.27. The average Bonchev–Trinajstić information content (AvgIpc) is 2.62. The maximum absolute atomic E-state index is 11.8. The second kappa shape index (κ2) is 8.29. The van der Waals surface area contributed by atoms with Gasteiger partial charge >= 0.3 is 0 Å². The Balaban J connectivity index is 2.10. The molecule has 0 radical (unpaired) electrons. The normalized spacial score (nSPS) is 11.5. The molecule has 7 nitrogen and oxygen atoms in total. The highest BCUT2D eigenvalue weighted by Gasteiger charge is 2.20. The number of hydrogen-bond donors (Lipinski definition) is 2. The monoisotopic (exact) mass is 377 g/mol. The summed E-state index contributed by atoms with van der Waals surface area (Å²) < 4.78 is 25.8. The molecule has 0 heterocycles. The van der Waals surface area contributed by atoms with Crippen LogP contribution in [0.1, 0.15) is 30.9 Å². The first-order chi connectivity index (χ1) is 12.2. The molecule has 0 fully saturated rings. The van der Waals surface area contributed by atoms with Crippen molar-refractivity contribution in [3.8, 4) is 0 Å². The Labute approximate surface area is 153 Å². The number of rotatable bonds is 8. The van der Waals surface area contributed by atoms with Crippen LogP contribution in [0.2, 0.25) is 0 Å². The number of anilines is 1. The van der Waals surface area contributed by atoms with E-state index < -0.39 is 14.9 Å². The molecule has 2 rings (SSSR count). The number of nitro benzene ring substituents is 1. The second-order valence-electron chi connectivity index (χ2n) is 6.22. The lowest BCUT2D eigenvalue weighted by Gasteiger charge is -2.10. The van der Waals surface area contributed by atoms with Gasteiger partial charge in [0.15, 0.2) is 0 Å². The van der Waals surface area contributed by atoms with Gasteiger partial charge in [-0.2, -0.15) is 0 Å². The molecule has 0 atom stereocenters. The van der Waals surface area contributed by atoms with E-state index in [-0.39, 0.29) is 10.6 Å². The fourth-order valence-corrected chi connectivity index (χ4v) is 3.26. The standard InChI is InChI=1S/C18H23N3O4S/c1-13(2)15-6-4-14(5-7-15)10-11-20-17-9-8-16(26(24,25)19-3)12-18(17)21(22)23/h4-9,12-13,19-20H,10-11H2,1-3H3. The van der Waals surface area contributed by atoms with Gasteiger partial charge in [-0.05, 0) is 42.6 Å². The first-order valence-corrected chi connectivity index (χ1v) is 9.77. The summed E-state index contributed by atoms with van der Waals surface area (Å²) in [6.07, 6.45) is 0.700. The zero-order chi connectivity index (χ0) is 19.3. The van der Waals surface area contributed by atoms with Gasteiger partial charge in [0.2, 0.25) is 10.0 Å². The van der Waals surface area contributed by atoms with E-state index in [1.54, 1.807) is 0 Å². The molecule has 0 aliphatic heterocycles. The molecule has 8 heteroatoms. The smallest absolute Gasteiger partial charge is 0.293 e. The van der Waals surface area contributed by atoms with E-state index in [1.807, 2.05) is 12.1 Å². The highest BCUT2D eigenvalue weighted by molar-refractivity contribution is 7.89. The van der Waals surface area contributed by atoms with Crippen LogP contribution in [-0.4, -0.2) is 26.9 Å². The highest BCUT2D eigenvalue weighted by atomic mass is 32.2. The Hall–Kier alpha value is -2.45. The molecule has 0 bridgehead atoms. The van der Waals surface area contributed by atoms with Gasteiger partial charge in [-0.25, -0.2) is 13.1 Å². The van der Waals surface area contributed by atoms with E-state index in [9.17, 15) is 18.5 Å². The van der Waals surface area contributed by atoms with Gasteiger partial charge in [0.05, 0.1) is 9.82 Å². The second-order valence-corrected chi connectivity index (χ2v) is 8.10. The first kappa shape index (κ1) is 19.9. The molecule has 0 saturated carbocycles. The Morgan fingerprint density at radius 2 is 1.77 bits per heavy atom. The molecule has 0 aromatic heterocycles. The van der Waals surface area contributed by atoms with Crippen LogP contribution >= 0.6 is 0 Å². The number of nitrogens with zero attached hydrogens (tertiary/aromatic N) is 1. The van der Waals surface area contributed by atoms with Crippen LogP contribution in [-0.2, 0) is 16.4 Å². The van der Waals surface area contributed by atoms with Gasteiger partial charge in [-0.3, -0.25) is 10.1 Å². The maximum atomic E-state index is 11.8. The van der Waals surface area contributed by atoms with Gasteiger partial charge in [-0.1, -0.05) is 38.1 Å². The molecule has 0 aliphatic carbocycles. The first-order valence-electron chi connectivity index (χ1n) is 8.29. The molecule has 0 saturated heterocycles. The van der Waals surface area contributed by atoms with Crippen molar-refractivity contribution in [3.05, 3.63) is 63.7 Å². The molecular formula is C18H23N3O4S. The van der Waals surface area contributed by atoms with Gasteiger partial charge < -0.3 is 5.32 Å². The van der Waals surface area contributed by atoms with E-state index in [1.165, 1.54) is 24.7 Å². The molecular weight excluding hydrogens is 354 g/mol. The SMILES string of the molecule is CNS(=O)(=O)c1ccc(NCCc2ccc(C(C)C)cc2)c([N+](=O)[O-])c1. The minimum atomic E-state index is -3.73. The summed E-state index contributed by atoms with van der Waals surface area (Å²) in [5.41, 5.74) is 2.41. The third kappa shape index (κ3) is 4.80. The third-order valence-corrected chi connectivity index (χ3v) is 5.53. The average molecular weight is 377 g/mol. The molecule has 0 aliphatic rings. The Morgan fingerprint density at radius 1 is 1.12 bits per heavy atom. The summed E-state index contributed by atoms with van der Waals surface area (Å²) in [5, 5.41) is 14.3. The molecule has 26 heavy (non-hydrogen) atoms. The number of nitro groups is 1. The molecule has 2 aromatic rings. The fraction of sp³-hybridized carbons (Fsp3) is 0.333.